The Kier molecular flexibility index (Phi) is 7.26. The summed E-state index contributed by atoms with van der Waals surface area (Å²) >= 11 is 6.50. The van der Waals surface area contributed by atoms with Crippen molar-refractivity contribution in [1.29, 1.82) is 0 Å². The second-order valence-corrected chi connectivity index (χ2v) is 11.3. The summed E-state index contributed by atoms with van der Waals surface area (Å²) in [6.45, 7) is 4.46. The molecule has 0 atom stereocenters. The van der Waals surface area contributed by atoms with Crippen LogP contribution in [0.5, 0.6) is 0 Å². The van der Waals surface area contributed by atoms with E-state index in [1.165, 1.54) is 30.6 Å². The van der Waals surface area contributed by atoms with E-state index >= 15 is 0 Å². The average Bonchev–Trinajstić information content (AvgIpc) is 3.39. The third-order valence-electron chi connectivity index (χ3n) is 5.19. The Balaban J connectivity index is 1.76. The summed E-state index contributed by atoms with van der Waals surface area (Å²) in [4.78, 5) is 18.9. The molecule has 0 amide bonds. The van der Waals surface area contributed by atoms with Crippen LogP contribution in [0, 0.1) is 0 Å². The molecule has 2 aliphatic rings. The van der Waals surface area contributed by atoms with Crippen molar-refractivity contribution in [3.05, 3.63) is 64.8 Å². The number of nitrogens with zero attached hydrogens (tertiary/aromatic N) is 3. The molecule has 12 heteroatoms. The summed E-state index contributed by atoms with van der Waals surface area (Å²) in [6, 6.07) is 5.04. The molecule has 1 aromatic carbocycles. The number of thiazole rings is 1. The molecule has 6 nitrogen and oxygen atoms in total. The Morgan fingerprint density at radius 1 is 1.20 bits per heavy atom. The second kappa shape index (κ2) is 9.90. The van der Waals surface area contributed by atoms with Gasteiger partial charge in [-0.3, -0.25) is 3.93 Å². The van der Waals surface area contributed by atoms with Crippen LogP contribution >= 0.6 is 39.2 Å². The normalized spacial score (nSPS) is 15.9. The number of thioether (sulfide) groups is 1. The SMILES string of the molecule is COC(=O)C1=CC=C2C(=C(OC)CN2c2nc(-c3ccc(C(F)(F)F)cc3)c(SC(C)C)s2)N1Br. The maximum atomic E-state index is 13.1. The first-order valence-electron chi connectivity index (χ1n) is 10.4. The predicted octanol–water partition coefficient (Wildman–Crippen LogP) is 6.57. The van der Waals surface area contributed by atoms with E-state index in [1.54, 1.807) is 34.9 Å². The van der Waals surface area contributed by atoms with Crippen LogP contribution in [0.25, 0.3) is 11.3 Å². The van der Waals surface area contributed by atoms with Gasteiger partial charge in [0.1, 0.15) is 17.2 Å². The molecule has 0 N–H and O–H groups in total. The summed E-state index contributed by atoms with van der Waals surface area (Å²) in [5.41, 5.74) is 2.24. The van der Waals surface area contributed by atoms with Gasteiger partial charge in [-0.25, -0.2) is 9.78 Å². The van der Waals surface area contributed by atoms with E-state index in [9.17, 15) is 18.0 Å². The summed E-state index contributed by atoms with van der Waals surface area (Å²) < 4.78 is 52.1. The lowest BCUT2D eigenvalue weighted by Crippen LogP contribution is -2.26. The minimum Gasteiger partial charge on any atom is -0.497 e. The molecular weight excluding hydrogens is 567 g/mol. The minimum atomic E-state index is -4.40. The molecule has 0 unspecified atom stereocenters. The summed E-state index contributed by atoms with van der Waals surface area (Å²) in [6.07, 6.45) is -0.972. The van der Waals surface area contributed by atoms with Crippen LogP contribution in [0.1, 0.15) is 19.4 Å². The molecule has 2 aromatic rings. The maximum Gasteiger partial charge on any atom is 0.416 e. The fourth-order valence-corrected chi connectivity index (χ4v) is 6.76. The number of hydrogen-bond donors (Lipinski definition) is 0. The van der Waals surface area contributed by atoms with E-state index in [1.807, 2.05) is 18.7 Å². The van der Waals surface area contributed by atoms with E-state index in [-0.39, 0.29) is 5.25 Å². The minimum absolute atomic E-state index is 0.246. The molecule has 0 radical (unpaired) electrons. The van der Waals surface area contributed by atoms with E-state index < -0.39 is 17.7 Å². The number of benzene rings is 1. The monoisotopic (exact) mass is 587 g/mol. The zero-order chi connectivity index (χ0) is 25.5. The molecule has 35 heavy (non-hydrogen) atoms. The lowest BCUT2D eigenvalue weighted by molar-refractivity contribution is -0.138. The van der Waals surface area contributed by atoms with Crippen LogP contribution in [0.4, 0.5) is 18.3 Å². The lowest BCUT2D eigenvalue weighted by atomic mass is 10.1. The molecule has 0 bridgehead atoms. The number of halogens is 4. The van der Waals surface area contributed by atoms with Crippen molar-refractivity contribution in [2.24, 2.45) is 0 Å². The van der Waals surface area contributed by atoms with Crippen LogP contribution in [0.15, 0.2) is 63.5 Å². The first-order chi connectivity index (χ1) is 16.5. The van der Waals surface area contributed by atoms with Crippen molar-refractivity contribution in [2.75, 3.05) is 25.7 Å². The van der Waals surface area contributed by atoms with Crippen molar-refractivity contribution in [1.82, 2.24) is 8.91 Å². The molecular formula is C23H21BrF3N3O3S2. The molecule has 2 aliphatic heterocycles. The highest BCUT2D eigenvalue weighted by molar-refractivity contribution is 9.07. The molecule has 0 spiro atoms. The number of fused-ring (bicyclic) bond motifs is 1. The van der Waals surface area contributed by atoms with Gasteiger partial charge in [-0.1, -0.05) is 37.3 Å². The zero-order valence-electron chi connectivity index (χ0n) is 19.1. The Bertz CT molecular complexity index is 1240. The van der Waals surface area contributed by atoms with Crippen molar-refractivity contribution < 1.29 is 27.4 Å². The van der Waals surface area contributed by atoms with Crippen molar-refractivity contribution >= 4 is 50.3 Å². The number of methoxy groups -OCH3 is 2. The van der Waals surface area contributed by atoms with Gasteiger partial charge in [0, 0.05) is 10.8 Å². The van der Waals surface area contributed by atoms with Gasteiger partial charge in [0.05, 0.1) is 58.1 Å². The number of hydrogen-bond acceptors (Lipinski definition) is 8. The quantitative estimate of drug-likeness (QED) is 0.215. The Morgan fingerprint density at radius 2 is 1.89 bits per heavy atom. The summed E-state index contributed by atoms with van der Waals surface area (Å²) in [7, 11) is 2.86. The van der Waals surface area contributed by atoms with Crippen molar-refractivity contribution in [3.63, 3.8) is 0 Å². The Morgan fingerprint density at radius 3 is 2.46 bits per heavy atom. The summed E-state index contributed by atoms with van der Waals surface area (Å²) in [5.74, 6) is 0.111. The van der Waals surface area contributed by atoms with Crippen molar-refractivity contribution in [2.45, 2.75) is 29.5 Å². The van der Waals surface area contributed by atoms with Crippen LogP contribution in [0.3, 0.4) is 0 Å². The Labute approximate surface area is 217 Å². The van der Waals surface area contributed by atoms with E-state index in [4.69, 9.17) is 14.5 Å². The Hall–Kier alpha value is -2.44. The number of aromatic nitrogens is 1. The van der Waals surface area contributed by atoms with Gasteiger partial charge in [0.2, 0.25) is 0 Å². The van der Waals surface area contributed by atoms with Crippen LogP contribution in [0.2, 0.25) is 0 Å². The predicted molar refractivity (Wildman–Crippen MR) is 134 cm³/mol. The number of allylic oxidation sites excluding steroid dienone is 2. The van der Waals surface area contributed by atoms with Gasteiger partial charge in [-0.05, 0) is 24.3 Å². The van der Waals surface area contributed by atoms with E-state index in [0.29, 0.717) is 40.1 Å². The standard InChI is InChI=1S/C23H21BrF3N3O3S2/c1-12(2)34-21-18(13-5-7-14(8-6-13)23(25,26)27)28-22(35-21)29-11-17(32-3)19-15(29)9-10-16(30(19)24)20(31)33-4/h5-10,12H,11H2,1-4H3. The van der Waals surface area contributed by atoms with Crippen molar-refractivity contribution in [3.8, 4) is 11.3 Å². The van der Waals surface area contributed by atoms with E-state index in [0.717, 1.165) is 22.0 Å². The van der Waals surface area contributed by atoms with Crippen LogP contribution in [-0.4, -0.2) is 40.9 Å². The largest absolute Gasteiger partial charge is 0.497 e. The molecule has 186 valence electrons. The molecule has 0 saturated heterocycles. The number of anilines is 1. The van der Waals surface area contributed by atoms with Gasteiger partial charge in [0.15, 0.2) is 5.13 Å². The zero-order valence-corrected chi connectivity index (χ0v) is 22.4. The second-order valence-electron chi connectivity index (χ2n) is 7.81. The van der Waals surface area contributed by atoms with Gasteiger partial charge in [-0.15, -0.1) is 11.8 Å². The number of carbonyl (C=O) groups excluding carboxylic acids is 1. The average molecular weight is 588 g/mol. The molecule has 1 aromatic heterocycles. The highest BCUT2D eigenvalue weighted by Crippen LogP contribution is 2.47. The molecule has 3 heterocycles. The van der Waals surface area contributed by atoms with Gasteiger partial charge in [0.25, 0.3) is 0 Å². The first-order valence-corrected chi connectivity index (χ1v) is 12.8. The number of rotatable bonds is 6. The topological polar surface area (TPSA) is 54.9 Å². The van der Waals surface area contributed by atoms with Crippen LogP contribution < -0.4 is 4.90 Å². The third-order valence-corrected chi connectivity index (χ3v) is 8.22. The number of carbonyl (C=O) groups is 1. The number of alkyl halides is 3. The first kappa shape index (κ1) is 25.6. The third kappa shape index (κ3) is 4.96. The number of ether oxygens (including phenoxy) is 2. The smallest absolute Gasteiger partial charge is 0.416 e. The summed E-state index contributed by atoms with van der Waals surface area (Å²) in [5, 5.41) is 0.908. The molecule has 0 saturated carbocycles. The van der Waals surface area contributed by atoms with Gasteiger partial charge >= 0.3 is 12.1 Å². The van der Waals surface area contributed by atoms with E-state index in [2.05, 4.69) is 16.1 Å². The lowest BCUT2D eigenvalue weighted by Gasteiger charge is -2.26. The fraction of sp³-hybridized carbons (Fsp3) is 0.304. The maximum absolute atomic E-state index is 13.1. The highest BCUT2D eigenvalue weighted by Gasteiger charge is 2.38. The van der Waals surface area contributed by atoms with Gasteiger partial charge in [-0.2, -0.15) is 13.2 Å². The molecule has 0 fully saturated rings. The molecule has 0 aliphatic carbocycles. The number of esters is 1. The fourth-order valence-electron chi connectivity index (χ4n) is 3.59. The highest BCUT2D eigenvalue weighted by atomic mass is 79.9. The van der Waals surface area contributed by atoms with Gasteiger partial charge < -0.3 is 14.4 Å². The van der Waals surface area contributed by atoms with Crippen LogP contribution in [-0.2, 0) is 20.4 Å². The molecule has 4 rings (SSSR count).